The lowest BCUT2D eigenvalue weighted by Gasteiger charge is -2.39. The van der Waals surface area contributed by atoms with Crippen LogP contribution in [-0.4, -0.2) is 134 Å². The van der Waals surface area contributed by atoms with Gasteiger partial charge < -0.3 is 25.2 Å². The van der Waals surface area contributed by atoms with Gasteiger partial charge >= 0.3 is 0 Å². The van der Waals surface area contributed by atoms with Crippen molar-refractivity contribution in [1.82, 2.24) is 30.0 Å². The number of aromatic nitrogens is 2. The second kappa shape index (κ2) is 18.4. The highest BCUT2D eigenvalue weighted by atomic mass is 35.5. The number of nitrogens with one attached hydrogen (secondary N) is 3. The van der Waals surface area contributed by atoms with E-state index >= 15 is 4.39 Å². The van der Waals surface area contributed by atoms with Gasteiger partial charge in [0.25, 0.3) is 17.7 Å². The van der Waals surface area contributed by atoms with Crippen LogP contribution in [0, 0.1) is 11.7 Å². The first-order chi connectivity index (χ1) is 30.6. The Morgan fingerprint density at radius 1 is 0.953 bits per heavy atom. The van der Waals surface area contributed by atoms with Gasteiger partial charge in [-0.3, -0.25) is 43.4 Å². The van der Waals surface area contributed by atoms with Gasteiger partial charge in [-0.1, -0.05) is 29.8 Å². The summed E-state index contributed by atoms with van der Waals surface area (Å²) in [6.07, 6.45) is 4.13. The van der Waals surface area contributed by atoms with Gasteiger partial charge in [0.2, 0.25) is 27.8 Å². The number of likely N-dealkylation sites (tertiary alicyclic amines) is 1. The van der Waals surface area contributed by atoms with Gasteiger partial charge in [-0.2, -0.15) is 4.98 Å². The Bertz CT molecular complexity index is 2620. The molecule has 5 amide bonds. The summed E-state index contributed by atoms with van der Waals surface area (Å²) in [5.74, 6) is -2.34. The van der Waals surface area contributed by atoms with E-state index in [1.807, 2.05) is 4.90 Å². The van der Waals surface area contributed by atoms with Crippen LogP contribution in [0.25, 0.3) is 0 Å². The van der Waals surface area contributed by atoms with Crippen LogP contribution in [0.3, 0.4) is 0 Å². The highest BCUT2D eigenvalue weighted by Gasteiger charge is 2.46. The Morgan fingerprint density at radius 2 is 1.70 bits per heavy atom. The summed E-state index contributed by atoms with van der Waals surface area (Å²) in [7, 11) is -2.09. The summed E-state index contributed by atoms with van der Waals surface area (Å²) in [6.45, 7) is 4.36. The Balaban J connectivity index is 0.791. The average Bonchev–Trinajstić information content (AvgIpc) is 3.53. The number of fused-ring (bicyclic) bond motifs is 1. The Hall–Kier alpha value is -6.38. The van der Waals surface area contributed by atoms with Gasteiger partial charge in [0.1, 0.15) is 22.6 Å². The number of ether oxygens (including phenoxy) is 1. The van der Waals surface area contributed by atoms with Crippen molar-refractivity contribution in [3.63, 3.8) is 0 Å². The standard InChI is InChI=1S/C43H46ClFN10O8S/c1-51(64(2,61)62)33-8-4-3-7-31(33)48-39-29(44)23-46-43(50-39)47-27-10-11-32(30(45)22-27)53-20-18-52(19-21-53)24-26-14-16-54(17-15-26)37(57)25-63-35-9-5-6-28-38(35)42(60)55(41(28)59)34-12-13-36(56)49-40(34)58/h3-11,22-23,26,34H,12-21,24-25H2,1-2H3,(H,49,56,58)(H2,46,47,48,50). The molecule has 1 unspecified atom stereocenters. The molecule has 0 spiro atoms. The van der Waals surface area contributed by atoms with Crippen LogP contribution in [0.5, 0.6) is 5.75 Å². The molecule has 4 aliphatic heterocycles. The minimum Gasteiger partial charge on any atom is -0.483 e. The number of hydrogen-bond acceptors (Lipinski definition) is 14. The van der Waals surface area contributed by atoms with Crippen LogP contribution in [0.1, 0.15) is 46.4 Å². The maximum atomic E-state index is 15.6. The van der Waals surface area contributed by atoms with Crippen molar-refractivity contribution in [2.75, 3.05) is 85.6 Å². The molecule has 0 saturated carbocycles. The number of carbonyl (C=O) groups is 5. The van der Waals surface area contributed by atoms with E-state index < -0.39 is 45.5 Å². The molecule has 0 radical (unpaired) electrons. The molecular formula is C43H46ClFN10O8S. The van der Waals surface area contributed by atoms with Gasteiger partial charge in [-0.15, -0.1) is 0 Å². The fraction of sp³-hybridized carbons (Fsp3) is 0.372. The number of amides is 5. The molecule has 0 aliphatic carbocycles. The Kier molecular flexibility index (Phi) is 12.7. The minimum absolute atomic E-state index is 0.00309. The summed E-state index contributed by atoms with van der Waals surface area (Å²) in [6, 6.07) is 15.1. The molecule has 3 N–H and O–H groups in total. The van der Waals surface area contributed by atoms with Gasteiger partial charge in [-0.25, -0.2) is 17.8 Å². The molecule has 21 heteroatoms. The number of hydrogen-bond donors (Lipinski definition) is 3. The SMILES string of the molecule is CN(c1ccccc1Nc1nc(Nc2ccc(N3CCN(CC4CCN(C(=O)COc5cccc6c5C(=O)N(C5CCC(=O)NC5=O)C6=O)CC4)CC3)c(F)c2)ncc1Cl)S(C)(=O)=O. The molecule has 5 heterocycles. The van der Waals surface area contributed by atoms with E-state index in [1.165, 1.54) is 31.4 Å². The van der Waals surface area contributed by atoms with Crippen molar-refractivity contribution in [3.8, 4) is 5.75 Å². The normalized spacial score (nSPS) is 18.5. The number of carbonyl (C=O) groups excluding carboxylic acids is 5. The number of para-hydroxylation sites is 2. The number of anilines is 6. The highest BCUT2D eigenvalue weighted by molar-refractivity contribution is 7.92. The molecule has 1 aromatic heterocycles. The van der Waals surface area contributed by atoms with Gasteiger partial charge in [0.15, 0.2) is 12.4 Å². The molecule has 8 rings (SSSR count). The van der Waals surface area contributed by atoms with Crippen molar-refractivity contribution >= 4 is 85.7 Å². The zero-order chi connectivity index (χ0) is 45.3. The van der Waals surface area contributed by atoms with E-state index in [0.29, 0.717) is 54.8 Å². The third kappa shape index (κ3) is 9.43. The fourth-order valence-corrected chi connectivity index (χ4v) is 9.04. The number of piperidine rings is 2. The number of imide groups is 2. The highest BCUT2D eigenvalue weighted by Crippen LogP contribution is 2.35. The van der Waals surface area contributed by atoms with Crippen LogP contribution in [0.4, 0.5) is 38.9 Å². The van der Waals surface area contributed by atoms with E-state index in [1.54, 1.807) is 47.4 Å². The number of piperazine rings is 1. The smallest absolute Gasteiger partial charge is 0.266 e. The van der Waals surface area contributed by atoms with Crippen LogP contribution in [-0.2, 0) is 24.4 Å². The van der Waals surface area contributed by atoms with Crippen molar-refractivity contribution in [2.24, 2.45) is 5.92 Å². The number of halogens is 2. The first-order valence-electron chi connectivity index (χ1n) is 20.8. The number of nitrogens with zero attached hydrogens (tertiary/aromatic N) is 7. The Morgan fingerprint density at radius 3 is 2.42 bits per heavy atom. The van der Waals surface area contributed by atoms with E-state index in [0.717, 1.165) is 47.9 Å². The van der Waals surface area contributed by atoms with Crippen molar-refractivity contribution in [3.05, 3.63) is 88.8 Å². The first-order valence-corrected chi connectivity index (χ1v) is 23.0. The molecule has 3 fully saturated rings. The fourth-order valence-electron chi connectivity index (χ4n) is 8.38. The quantitative estimate of drug-likeness (QED) is 0.162. The predicted octanol–water partition coefficient (Wildman–Crippen LogP) is 3.99. The summed E-state index contributed by atoms with van der Waals surface area (Å²) in [4.78, 5) is 79.5. The lowest BCUT2D eigenvalue weighted by atomic mass is 9.96. The molecule has 64 heavy (non-hydrogen) atoms. The predicted molar refractivity (Wildman–Crippen MR) is 236 cm³/mol. The molecule has 1 atom stereocenters. The van der Waals surface area contributed by atoms with Crippen LogP contribution >= 0.6 is 11.6 Å². The van der Waals surface area contributed by atoms with Crippen LogP contribution < -0.4 is 29.9 Å². The van der Waals surface area contributed by atoms with Crippen molar-refractivity contribution < 1.29 is 41.5 Å². The molecular weight excluding hydrogens is 871 g/mol. The Labute approximate surface area is 373 Å². The zero-order valence-electron chi connectivity index (χ0n) is 35.1. The van der Waals surface area contributed by atoms with E-state index in [9.17, 15) is 32.4 Å². The third-order valence-electron chi connectivity index (χ3n) is 11.9. The summed E-state index contributed by atoms with van der Waals surface area (Å²) < 4.78 is 47.0. The molecule has 3 aromatic carbocycles. The zero-order valence-corrected chi connectivity index (χ0v) is 36.6. The topological polar surface area (TPSA) is 207 Å². The van der Waals surface area contributed by atoms with E-state index in [4.69, 9.17) is 16.3 Å². The largest absolute Gasteiger partial charge is 0.483 e. The average molecular weight is 917 g/mol. The molecule has 4 aliphatic rings. The number of rotatable bonds is 13. The third-order valence-corrected chi connectivity index (χ3v) is 13.4. The van der Waals surface area contributed by atoms with Crippen molar-refractivity contribution in [1.29, 1.82) is 0 Å². The second-order valence-corrected chi connectivity index (χ2v) is 18.5. The monoisotopic (exact) mass is 916 g/mol. The molecule has 336 valence electrons. The van der Waals surface area contributed by atoms with Gasteiger partial charge in [0, 0.05) is 65.0 Å². The molecule has 3 saturated heterocycles. The first kappa shape index (κ1) is 44.2. The second-order valence-electron chi connectivity index (χ2n) is 16.1. The van der Waals surface area contributed by atoms with Gasteiger partial charge in [0.05, 0.1) is 40.6 Å². The number of benzene rings is 3. The summed E-state index contributed by atoms with van der Waals surface area (Å²) >= 11 is 6.39. The summed E-state index contributed by atoms with van der Waals surface area (Å²) in [5, 5.41) is 8.48. The molecule has 18 nitrogen and oxygen atoms in total. The van der Waals surface area contributed by atoms with Gasteiger partial charge in [-0.05, 0) is 67.6 Å². The minimum atomic E-state index is -3.54. The van der Waals surface area contributed by atoms with Crippen LogP contribution in [0.15, 0.2) is 66.9 Å². The molecule has 4 aromatic rings. The maximum Gasteiger partial charge on any atom is 0.266 e. The summed E-state index contributed by atoms with van der Waals surface area (Å²) in [5.41, 5.74) is 1.83. The lowest BCUT2D eigenvalue weighted by Crippen LogP contribution is -2.54. The lowest BCUT2D eigenvalue weighted by molar-refractivity contribution is -0.136. The molecule has 0 bridgehead atoms. The van der Waals surface area contributed by atoms with E-state index in [2.05, 4.69) is 30.8 Å². The van der Waals surface area contributed by atoms with Crippen molar-refractivity contribution in [2.45, 2.75) is 31.7 Å². The number of sulfonamides is 1. The van der Waals surface area contributed by atoms with Crippen LogP contribution in [0.2, 0.25) is 5.02 Å². The maximum absolute atomic E-state index is 15.6. The van der Waals surface area contributed by atoms with E-state index in [-0.39, 0.29) is 59.0 Å².